The Bertz CT molecular complexity index is 664. The Labute approximate surface area is 127 Å². The molecule has 0 aliphatic carbocycles. The molecule has 1 aromatic heterocycles. The minimum atomic E-state index is -0.446. The molecule has 2 aromatic rings. The monoisotopic (exact) mass is 303 g/mol. The highest BCUT2D eigenvalue weighted by Gasteiger charge is 2.18. The number of pyridine rings is 1. The zero-order chi connectivity index (χ0) is 15.6. The quantitative estimate of drug-likeness (QED) is 0.684. The van der Waals surface area contributed by atoms with E-state index in [1.807, 2.05) is 24.3 Å². The maximum absolute atomic E-state index is 11.0. The summed E-state index contributed by atoms with van der Waals surface area (Å²) < 4.78 is 0. The number of nitro groups is 1. The van der Waals surface area contributed by atoms with Gasteiger partial charge >= 0.3 is 5.69 Å². The van der Waals surface area contributed by atoms with Crippen LogP contribution in [-0.4, -0.2) is 9.91 Å². The lowest BCUT2D eigenvalue weighted by atomic mass is 9.87. The second-order valence-corrected chi connectivity index (χ2v) is 6.76. The lowest BCUT2D eigenvalue weighted by Gasteiger charge is -2.18. The number of nitrogen functional groups attached to an aromatic ring is 1. The van der Waals surface area contributed by atoms with Crippen molar-refractivity contribution in [2.24, 2.45) is 0 Å². The number of rotatable bonds is 3. The molecule has 0 bridgehead atoms. The Hall–Kier alpha value is -2.08. The summed E-state index contributed by atoms with van der Waals surface area (Å²) in [6, 6.07) is 10.8. The molecule has 2 rings (SSSR count). The molecule has 0 saturated carbocycles. The summed E-state index contributed by atoms with van der Waals surface area (Å²) in [5.74, 6) is 0.273. The summed E-state index contributed by atoms with van der Waals surface area (Å²) >= 11 is 1.24. The van der Waals surface area contributed by atoms with Crippen molar-refractivity contribution in [3.05, 3.63) is 52.1 Å². The van der Waals surface area contributed by atoms with Gasteiger partial charge in [0.15, 0.2) is 5.03 Å². The van der Waals surface area contributed by atoms with E-state index >= 15 is 0 Å². The second-order valence-electron chi connectivity index (χ2n) is 5.69. The third kappa shape index (κ3) is 3.72. The van der Waals surface area contributed by atoms with Gasteiger partial charge in [-0.1, -0.05) is 44.7 Å². The average Bonchev–Trinajstić information content (AvgIpc) is 2.38. The molecule has 0 aliphatic heterocycles. The van der Waals surface area contributed by atoms with Gasteiger partial charge < -0.3 is 5.73 Å². The van der Waals surface area contributed by atoms with Crippen LogP contribution in [0.1, 0.15) is 26.3 Å². The molecule has 2 N–H and O–H groups in total. The predicted molar refractivity (Wildman–Crippen MR) is 84.6 cm³/mol. The van der Waals surface area contributed by atoms with E-state index < -0.39 is 4.92 Å². The zero-order valence-corrected chi connectivity index (χ0v) is 13.0. The van der Waals surface area contributed by atoms with E-state index in [4.69, 9.17) is 5.73 Å². The second kappa shape index (κ2) is 5.73. The van der Waals surface area contributed by atoms with Crippen molar-refractivity contribution in [1.29, 1.82) is 0 Å². The highest BCUT2D eigenvalue weighted by molar-refractivity contribution is 7.99. The first-order valence-electron chi connectivity index (χ1n) is 6.46. The number of anilines is 1. The number of hydrogen-bond acceptors (Lipinski definition) is 5. The molecule has 0 spiro atoms. The molecule has 110 valence electrons. The fourth-order valence-corrected chi connectivity index (χ4v) is 2.69. The van der Waals surface area contributed by atoms with Gasteiger partial charge in [-0.2, -0.15) is 0 Å². The third-order valence-electron chi connectivity index (χ3n) is 2.99. The molecule has 6 heteroatoms. The molecule has 0 fully saturated rings. The summed E-state index contributed by atoms with van der Waals surface area (Å²) in [5, 5.41) is 11.3. The Kier molecular flexibility index (Phi) is 4.18. The van der Waals surface area contributed by atoms with Crippen LogP contribution >= 0.6 is 11.8 Å². The van der Waals surface area contributed by atoms with E-state index in [-0.39, 0.29) is 16.9 Å². The first-order chi connectivity index (χ1) is 9.77. The Morgan fingerprint density at radius 1 is 1.14 bits per heavy atom. The Balaban J connectivity index is 2.30. The predicted octanol–water partition coefficient (Wildman–Crippen LogP) is 4.02. The zero-order valence-electron chi connectivity index (χ0n) is 12.2. The number of nitrogens with zero attached hydrogens (tertiary/aromatic N) is 2. The molecule has 5 nitrogen and oxygen atoms in total. The smallest absolute Gasteiger partial charge is 0.301 e. The fourth-order valence-electron chi connectivity index (χ4n) is 1.80. The van der Waals surface area contributed by atoms with E-state index in [1.165, 1.54) is 29.5 Å². The molecule has 0 saturated heterocycles. The first-order valence-corrected chi connectivity index (χ1v) is 7.28. The van der Waals surface area contributed by atoms with Crippen LogP contribution < -0.4 is 5.73 Å². The number of nitrogens with two attached hydrogens (primary N) is 1. The minimum Gasteiger partial charge on any atom is -0.384 e. The third-order valence-corrected chi connectivity index (χ3v) is 3.99. The lowest BCUT2D eigenvalue weighted by molar-refractivity contribution is -0.388. The largest absolute Gasteiger partial charge is 0.384 e. The van der Waals surface area contributed by atoms with Crippen molar-refractivity contribution in [1.82, 2.24) is 4.98 Å². The molecule has 0 aliphatic rings. The van der Waals surface area contributed by atoms with E-state index in [0.717, 1.165) is 4.90 Å². The fraction of sp³-hybridized carbons (Fsp3) is 0.267. The van der Waals surface area contributed by atoms with Crippen LogP contribution in [0.3, 0.4) is 0 Å². The molecular formula is C15H17N3O2S. The van der Waals surface area contributed by atoms with Gasteiger partial charge in [0.1, 0.15) is 5.82 Å². The van der Waals surface area contributed by atoms with Crippen LogP contribution in [-0.2, 0) is 5.41 Å². The van der Waals surface area contributed by atoms with Gasteiger partial charge in [0, 0.05) is 11.0 Å². The maximum Gasteiger partial charge on any atom is 0.301 e. The molecule has 1 aromatic carbocycles. The summed E-state index contributed by atoms with van der Waals surface area (Å²) in [5.41, 5.74) is 6.87. The van der Waals surface area contributed by atoms with Gasteiger partial charge in [-0.25, -0.2) is 4.98 Å². The van der Waals surface area contributed by atoms with Gasteiger partial charge in [0.05, 0.1) is 4.92 Å². The lowest BCUT2D eigenvalue weighted by Crippen LogP contribution is -2.10. The maximum atomic E-state index is 11.0. The van der Waals surface area contributed by atoms with E-state index in [2.05, 4.69) is 25.8 Å². The van der Waals surface area contributed by atoms with Crippen LogP contribution in [0, 0.1) is 10.1 Å². The summed E-state index contributed by atoms with van der Waals surface area (Å²) in [6.07, 6.45) is 0. The van der Waals surface area contributed by atoms with Crippen molar-refractivity contribution >= 4 is 23.3 Å². The molecular weight excluding hydrogens is 286 g/mol. The molecule has 0 unspecified atom stereocenters. The van der Waals surface area contributed by atoms with E-state index in [9.17, 15) is 10.1 Å². The van der Waals surface area contributed by atoms with Gasteiger partial charge in [0.2, 0.25) is 0 Å². The van der Waals surface area contributed by atoms with Crippen molar-refractivity contribution < 1.29 is 4.92 Å². The highest BCUT2D eigenvalue weighted by Crippen LogP contribution is 2.34. The van der Waals surface area contributed by atoms with E-state index in [1.54, 1.807) is 0 Å². The number of benzene rings is 1. The van der Waals surface area contributed by atoms with Gasteiger partial charge in [0.25, 0.3) is 0 Å². The summed E-state index contributed by atoms with van der Waals surface area (Å²) in [7, 11) is 0. The van der Waals surface area contributed by atoms with Crippen LogP contribution in [0.5, 0.6) is 0 Å². The molecule has 0 radical (unpaired) electrons. The average molecular weight is 303 g/mol. The number of hydrogen-bond donors (Lipinski definition) is 1. The Morgan fingerprint density at radius 3 is 2.29 bits per heavy atom. The van der Waals surface area contributed by atoms with Crippen LogP contribution in [0.4, 0.5) is 11.5 Å². The Morgan fingerprint density at radius 2 is 1.76 bits per heavy atom. The first kappa shape index (κ1) is 15.3. The highest BCUT2D eigenvalue weighted by atomic mass is 32.2. The topological polar surface area (TPSA) is 82.0 Å². The normalized spacial score (nSPS) is 11.4. The SMILES string of the molecule is CC(C)(C)c1ccc(Sc2nc(N)ccc2[N+](=O)[O-])cc1. The van der Waals surface area contributed by atoms with Crippen LogP contribution in [0.2, 0.25) is 0 Å². The molecule has 1 heterocycles. The van der Waals surface area contributed by atoms with Gasteiger partial charge in [-0.05, 0) is 29.2 Å². The number of aromatic nitrogens is 1. The summed E-state index contributed by atoms with van der Waals surface area (Å²) in [6.45, 7) is 6.42. The van der Waals surface area contributed by atoms with E-state index in [0.29, 0.717) is 5.03 Å². The minimum absolute atomic E-state index is 0.0332. The molecule has 0 amide bonds. The van der Waals surface area contributed by atoms with Crippen LogP contribution in [0.25, 0.3) is 0 Å². The molecule has 0 atom stereocenters. The standard InChI is InChI=1S/C15H17N3O2S/c1-15(2,3)10-4-6-11(7-5-10)21-14-12(18(19)20)8-9-13(16)17-14/h4-9H,1-3H3,(H2,16,17). The van der Waals surface area contributed by atoms with Crippen molar-refractivity contribution in [2.45, 2.75) is 36.1 Å². The van der Waals surface area contributed by atoms with Crippen molar-refractivity contribution in [2.75, 3.05) is 5.73 Å². The van der Waals surface area contributed by atoms with Gasteiger partial charge in [-0.3, -0.25) is 10.1 Å². The van der Waals surface area contributed by atoms with Crippen molar-refractivity contribution in [3.8, 4) is 0 Å². The van der Waals surface area contributed by atoms with Crippen LogP contribution in [0.15, 0.2) is 46.3 Å². The van der Waals surface area contributed by atoms with Gasteiger partial charge in [-0.15, -0.1) is 0 Å². The molecule has 21 heavy (non-hydrogen) atoms. The van der Waals surface area contributed by atoms with Crippen molar-refractivity contribution in [3.63, 3.8) is 0 Å². The summed E-state index contributed by atoms with van der Waals surface area (Å²) in [4.78, 5) is 15.5.